The first-order chi connectivity index (χ1) is 12.2. The first kappa shape index (κ1) is 20.7. The molecular formula is C20H26ClNO3S. The Balaban J connectivity index is 0.00000243. The van der Waals surface area contributed by atoms with Gasteiger partial charge in [0.15, 0.2) is 0 Å². The van der Waals surface area contributed by atoms with Crippen molar-refractivity contribution in [1.29, 1.82) is 0 Å². The van der Waals surface area contributed by atoms with Crippen LogP contribution in [0.25, 0.3) is 0 Å². The van der Waals surface area contributed by atoms with Gasteiger partial charge in [-0.15, -0.1) is 23.7 Å². The third-order valence-electron chi connectivity index (χ3n) is 4.50. The van der Waals surface area contributed by atoms with E-state index in [9.17, 15) is 4.79 Å². The maximum absolute atomic E-state index is 12.3. The van der Waals surface area contributed by atoms with Crippen LogP contribution in [0, 0.1) is 5.92 Å². The number of nitrogens with zero attached hydrogens (tertiary/aromatic N) is 1. The molecule has 0 bridgehead atoms. The van der Waals surface area contributed by atoms with Gasteiger partial charge < -0.3 is 14.4 Å². The van der Waals surface area contributed by atoms with Crippen LogP contribution in [0.3, 0.4) is 0 Å². The van der Waals surface area contributed by atoms with Gasteiger partial charge in [0.1, 0.15) is 11.9 Å². The van der Waals surface area contributed by atoms with Crippen molar-refractivity contribution in [3.05, 3.63) is 52.7 Å². The maximum atomic E-state index is 12.3. The smallest absolute Gasteiger partial charge is 0.425 e. The zero-order valence-electron chi connectivity index (χ0n) is 15.0. The van der Waals surface area contributed by atoms with Gasteiger partial charge in [-0.3, -0.25) is 0 Å². The number of carbonyl (C=O) groups is 1. The molecular weight excluding hydrogens is 370 g/mol. The Labute approximate surface area is 165 Å². The normalized spacial score (nSPS) is 17.0. The Bertz CT molecular complexity index is 644. The Morgan fingerprint density at radius 1 is 1.12 bits per heavy atom. The fraction of sp³-hybridized carbons (Fsp3) is 0.450. The quantitative estimate of drug-likeness (QED) is 0.475. The fourth-order valence-electron chi connectivity index (χ4n) is 3.27. The maximum Gasteiger partial charge on any atom is 0.514 e. The lowest BCUT2D eigenvalue weighted by Crippen LogP contribution is -2.36. The van der Waals surface area contributed by atoms with Crippen LogP contribution in [-0.2, 0) is 4.74 Å². The van der Waals surface area contributed by atoms with E-state index in [1.54, 1.807) is 23.5 Å². The summed E-state index contributed by atoms with van der Waals surface area (Å²) in [5.74, 6) is 0.709. The highest BCUT2D eigenvalue weighted by Crippen LogP contribution is 2.31. The van der Waals surface area contributed by atoms with E-state index in [0.717, 1.165) is 24.5 Å². The first-order valence-corrected chi connectivity index (χ1v) is 9.79. The summed E-state index contributed by atoms with van der Waals surface area (Å²) in [4.78, 5) is 15.8. The van der Waals surface area contributed by atoms with Gasteiger partial charge >= 0.3 is 6.16 Å². The summed E-state index contributed by atoms with van der Waals surface area (Å²) in [6.45, 7) is 5.35. The summed E-state index contributed by atoms with van der Waals surface area (Å²) in [5, 5.41) is 2.02. The van der Waals surface area contributed by atoms with Gasteiger partial charge in [-0.05, 0) is 49.5 Å². The number of para-hydroxylation sites is 1. The van der Waals surface area contributed by atoms with Gasteiger partial charge in [0, 0.05) is 17.3 Å². The Hall–Kier alpha value is -1.56. The largest absolute Gasteiger partial charge is 0.514 e. The molecule has 3 rings (SSSR count). The molecule has 0 radical (unpaired) electrons. The molecule has 4 nitrogen and oxygen atoms in total. The number of piperidine rings is 1. The summed E-state index contributed by atoms with van der Waals surface area (Å²) in [5.41, 5.74) is 0. The molecule has 1 saturated heterocycles. The van der Waals surface area contributed by atoms with Gasteiger partial charge in [-0.1, -0.05) is 37.6 Å². The van der Waals surface area contributed by atoms with Crippen LogP contribution >= 0.6 is 23.7 Å². The van der Waals surface area contributed by atoms with Crippen molar-refractivity contribution in [2.75, 3.05) is 19.6 Å². The van der Waals surface area contributed by atoms with Crippen LogP contribution in [0.5, 0.6) is 5.75 Å². The minimum Gasteiger partial charge on any atom is -0.425 e. The number of halogens is 1. The lowest BCUT2D eigenvalue weighted by atomic mass is 10.0. The van der Waals surface area contributed by atoms with E-state index in [1.165, 1.54) is 19.3 Å². The highest BCUT2D eigenvalue weighted by molar-refractivity contribution is 7.10. The van der Waals surface area contributed by atoms with Crippen molar-refractivity contribution in [2.24, 2.45) is 5.92 Å². The summed E-state index contributed by atoms with van der Waals surface area (Å²) < 4.78 is 11.0. The summed E-state index contributed by atoms with van der Waals surface area (Å²) in [7, 11) is 0. The average molecular weight is 396 g/mol. The number of carbonyl (C=O) groups excluding carboxylic acids is 1. The number of rotatable bonds is 6. The van der Waals surface area contributed by atoms with Gasteiger partial charge in [-0.2, -0.15) is 0 Å². The fourth-order valence-corrected chi connectivity index (χ4v) is 4.15. The van der Waals surface area contributed by atoms with Crippen molar-refractivity contribution in [2.45, 2.75) is 32.3 Å². The molecule has 0 saturated carbocycles. The molecule has 1 aromatic heterocycles. The third-order valence-corrected chi connectivity index (χ3v) is 5.44. The molecule has 1 aliphatic heterocycles. The van der Waals surface area contributed by atoms with Crippen LogP contribution in [0.1, 0.15) is 37.2 Å². The van der Waals surface area contributed by atoms with Crippen molar-refractivity contribution in [3.8, 4) is 5.75 Å². The van der Waals surface area contributed by atoms with Crippen LogP contribution in [0.4, 0.5) is 4.79 Å². The Morgan fingerprint density at radius 3 is 2.50 bits per heavy atom. The molecule has 0 aliphatic carbocycles. The van der Waals surface area contributed by atoms with E-state index in [2.05, 4.69) is 11.8 Å². The average Bonchev–Trinajstić information content (AvgIpc) is 3.15. The summed E-state index contributed by atoms with van der Waals surface area (Å²) in [6, 6.07) is 13.1. The summed E-state index contributed by atoms with van der Waals surface area (Å²) >= 11 is 1.62. The van der Waals surface area contributed by atoms with Crippen molar-refractivity contribution >= 4 is 29.9 Å². The van der Waals surface area contributed by atoms with Crippen LogP contribution < -0.4 is 4.74 Å². The minimum absolute atomic E-state index is 0. The number of hydrogen-bond donors (Lipinski definition) is 0. The van der Waals surface area contributed by atoms with Crippen LogP contribution in [0.15, 0.2) is 47.8 Å². The molecule has 1 aromatic carbocycles. The molecule has 142 valence electrons. The van der Waals surface area contributed by atoms with E-state index in [0.29, 0.717) is 5.75 Å². The molecule has 0 spiro atoms. The van der Waals surface area contributed by atoms with Crippen molar-refractivity contribution in [3.63, 3.8) is 0 Å². The standard InChI is InChI=1S/C20H25NO3S.ClH/c1-16(15-21-12-6-3-7-13-21)19(18-11-8-14-25-18)24-20(22)23-17-9-4-2-5-10-17;/h2,4-5,8-11,14,16,19H,3,6-7,12-13,15H2,1H3;1H. The van der Waals surface area contributed by atoms with Gasteiger partial charge in [0.25, 0.3) is 0 Å². The summed E-state index contributed by atoms with van der Waals surface area (Å²) in [6.07, 6.45) is 2.91. The molecule has 0 amide bonds. The van der Waals surface area contributed by atoms with E-state index < -0.39 is 6.16 Å². The zero-order valence-corrected chi connectivity index (χ0v) is 16.6. The monoisotopic (exact) mass is 395 g/mol. The van der Waals surface area contributed by atoms with E-state index in [4.69, 9.17) is 9.47 Å². The van der Waals surface area contributed by atoms with Crippen LogP contribution in [0.2, 0.25) is 0 Å². The molecule has 26 heavy (non-hydrogen) atoms. The molecule has 1 fully saturated rings. The highest BCUT2D eigenvalue weighted by atomic mass is 35.5. The lowest BCUT2D eigenvalue weighted by Gasteiger charge is -2.31. The number of ether oxygens (including phenoxy) is 2. The van der Waals surface area contributed by atoms with E-state index in [1.807, 2.05) is 35.7 Å². The highest BCUT2D eigenvalue weighted by Gasteiger charge is 2.27. The molecule has 2 unspecified atom stereocenters. The third kappa shape index (κ3) is 6.01. The lowest BCUT2D eigenvalue weighted by molar-refractivity contribution is 0.0234. The predicted octanol–water partition coefficient (Wildman–Crippen LogP) is 5.55. The van der Waals surface area contributed by atoms with E-state index >= 15 is 0 Å². The van der Waals surface area contributed by atoms with Crippen LogP contribution in [-0.4, -0.2) is 30.7 Å². The van der Waals surface area contributed by atoms with E-state index in [-0.39, 0.29) is 24.4 Å². The Kier molecular flexibility index (Phi) is 8.42. The van der Waals surface area contributed by atoms with Crippen molar-refractivity contribution in [1.82, 2.24) is 4.90 Å². The predicted molar refractivity (Wildman–Crippen MR) is 107 cm³/mol. The first-order valence-electron chi connectivity index (χ1n) is 8.91. The van der Waals surface area contributed by atoms with Gasteiger partial charge in [-0.25, -0.2) is 4.79 Å². The second-order valence-electron chi connectivity index (χ2n) is 6.56. The zero-order chi connectivity index (χ0) is 17.5. The number of thiophene rings is 1. The number of likely N-dealkylation sites (tertiary alicyclic amines) is 1. The van der Waals surface area contributed by atoms with Crippen molar-refractivity contribution < 1.29 is 14.3 Å². The molecule has 6 heteroatoms. The number of benzene rings is 1. The Morgan fingerprint density at radius 2 is 1.85 bits per heavy atom. The topological polar surface area (TPSA) is 38.8 Å². The SMILES string of the molecule is CC(CN1CCCCC1)C(OC(=O)Oc1ccccc1)c1cccs1.Cl. The molecule has 2 aromatic rings. The molecule has 1 aliphatic rings. The van der Waals surface area contributed by atoms with Gasteiger partial charge in [0.05, 0.1) is 0 Å². The second kappa shape index (κ2) is 10.6. The molecule has 2 heterocycles. The second-order valence-corrected chi connectivity index (χ2v) is 7.54. The van der Waals surface area contributed by atoms with Gasteiger partial charge in [0.2, 0.25) is 0 Å². The number of hydrogen-bond acceptors (Lipinski definition) is 5. The molecule has 0 N–H and O–H groups in total. The minimum atomic E-state index is -0.643. The molecule has 2 atom stereocenters.